The van der Waals surface area contributed by atoms with Crippen LogP contribution in [0.4, 0.5) is 5.69 Å². The lowest BCUT2D eigenvalue weighted by atomic mass is 10.0. The zero-order chi connectivity index (χ0) is 14.3. The third kappa shape index (κ3) is 1.69. The van der Waals surface area contributed by atoms with Crippen LogP contribution in [0.1, 0.15) is 27.0 Å². The summed E-state index contributed by atoms with van der Waals surface area (Å²) in [7, 11) is 0. The number of Topliss-reactive ketones (excluding diaryl/α,β-unsaturated/α-hetero) is 1. The molecule has 0 aromatic heterocycles. The lowest BCUT2D eigenvalue weighted by Gasteiger charge is -2.02. The molecule has 2 aromatic carbocycles. The lowest BCUT2D eigenvalue weighted by Crippen LogP contribution is -2.16. The highest BCUT2D eigenvalue weighted by atomic mass is 16.5. The topological polar surface area (TPSA) is 66.9 Å². The second kappa shape index (κ2) is 4.32. The van der Waals surface area contributed by atoms with Gasteiger partial charge in [-0.1, -0.05) is 17.7 Å². The van der Waals surface area contributed by atoms with Gasteiger partial charge in [0, 0.05) is 6.07 Å². The summed E-state index contributed by atoms with van der Waals surface area (Å²) in [6.07, 6.45) is 0. The molecule has 0 saturated heterocycles. The average Bonchev–Trinajstić information content (AvgIpc) is 2.72. The minimum atomic E-state index is -0.337. The van der Waals surface area contributed by atoms with Crippen molar-refractivity contribution in [1.82, 2.24) is 0 Å². The molecule has 0 radical (unpaired) electrons. The van der Waals surface area contributed by atoms with Crippen molar-refractivity contribution in [1.29, 1.82) is 5.26 Å². The predicted octanol–water partition coefficient (Wildman–Crippen LogP) is 2.69. The summed E-state index contributed by atoms with van der Waals surface area (Å²) < 4.78 is 0.642. The Morgan fingerprint density at radius 3 is 2.50 bits per heavy atom. The number of nitriles is 1. The molecule has 0 fully saturated rings. The van der Waals surface area contributed by atoms with Gasteiger partial charge in [-0.15, -0.1) is 0 Å². The highest BCUT2D eigenvalue weighted by Crippen LogP contribution is 2.28. The minimum Gasteiger partial charge on any atom is -0.618 e. The molecule has 2 aromatic rings. The predicted molar refractivity (Wildman–Crippen MR) is 74.1 cm³/mol. The number of nitrogens with zero attached hydrogens (tertiary/aromatic N) is 2. The summed E-state index contributed by atoms with van der Waals surface area (Å²) in [6.45, 7) is 1.94. The maximum Gasteiger partial charge on any atom is 0.272 e. The van der Waals surface area contributed by atoms with Gasteiger partial charge in [-0.2, -0.15) is 10.0 Å². The van der Waals surface area contributed by atoms with Crippen LogP contribution in [-0.4, -0.2) is 16.2 Å². The van der Waals surface area contributed by atoms with Gasteiger partial charge >= 0.3 is 0 Å². The molecule has 0 atom stereocenters. The van der Waals surface area contributed by atoms with E-state index in [1.165, 1.54) is 18.2 Å². The molecule has 0 unspecified atom stereocenters. The van der Waals surface area contributed by atoms with Crippen LogP contribution >= 0.6 is 0 Å². The summed E-state index contributed by atoms with van der Waals surface area (Å²) in [5.41, 5.74) is 2.71. The van der Waals surface area contributed by atoms with E-state index in [1.54, 1.807) is 12.1 Å². The molecule has 1 aliphatic rings. The lowest BCUT2D eigenvalue weighted by molar-refractivity contribution is -0.355. The largest absolute Gasteiger partial charge is 0.618 e. The molecule has 1 aliphatic heterocycles. The number of aryl methyl sites for hydroxylation is 1. The van der Waals surface area contributed by atoms with Crippen LogP contribution in [0.25, 0.3) is 0 Å². The first-order valence-corrected chi connectivity index (χ1v) is 6.12. The Kier molecular flexibility index (Phi) is 2.62. The Balaban J connectivity index is 2.16. The molecule has 0 spiro atoms. The average molecular weight is 262 g/mol. The van der Waals surface area contributed by atoms with E-state index in [4.69, 9.17) is 5.26 Å². The van der Waals surface area contributed by atoms with Gasteiger partial charge in [0.25, 0.3) is 11.5 Å². The molecular weight excluding hydrogens is 252 g/mol. The van der Waals surface area contributed by atoms with Gasteiger partial charge in [-0.3, -0.25) is 4.79 Å². The standard InChI is InChI=1S/C16H10N2O2/c1-10-2-5-12(6-3-10)15-16(19)13-8-11(9-17)4-7-14(13)18(15)20/h2-8H,1H3. The molecule has 4 heteroatoms. The normalized spacial score (nSPS) is 13.3. The summed E-state index contributed by atoms with van der Waals surface area (Å²) in [5.74, 6) is -0.337. The Morgan fingerprint density at radius 1 is 1.15 bits per heavy atom. The number of benzene rings is 2. The summed E-state index contributed by atoms with van der Waals surface area (Å²) in [4.78, 5) is 12.4. The van der Waals surface area contributed by atoms with Crippen molar-refractivity contribution in [3.8, 4) is 6.07 Å². The van der Waals surface area contributed by atoms with Crippen molar-refractivity contribution >= 4 is 17.2 Å². The summed E-state index contributed by atoms with van der Waals surface area (Å²) >= 11 is 0. The molecule has 0 amide bonds. The Hall–Kier alpha value is -2.93. The molecule has 0 saturated carbocycles. The number of ketones is 1. The number of carbonyl (C=O) groups excluding carboxylic acids is 1. The van der Waals surface area contributed by atoms with Crippen molar-refractivity contribution in [3.63, 3.8) is 0 Å². The van der Waals surface area contributed by atoms with E-state index < -0.39 is 0 Å². The second-order valence-electron chi connectivity index (χ2n) is 4.68. The van der Waals surface area contributed by atoms with E-state index >= 15 is 0 Å². The number of rotatable bonds is 1. The first-order valence-electron chi connectivity index (χ1n) is 6.12. The van der Waals surface area contributed by atoms with Crippen molar-refractivity contribution in [2.24, 2.45) is 0 Å². The third-order valence-corrected chi connectivity index (χ3v) is 3.33. The molecule has 0 N–H and O–H groups in total. The molecule has 20 heavy (non-hydrogen) atoms. The van der Waals surface area contributed by atoms with Gasteiger partial charge in [0.2, 0.25) is 5.69 Å². The van der Waals surface area contributed by atoms with Crippen LogP contribution < -0.4 is 0 Å². The number of fused-ring (bicyclic) bond motifs is 1. The van der Waals surface area contributed by atoms with E-state index in [0.717, 1.165) is 5.56 Å². The highest BCUT2D eigenvalue weighted by Gasteiger charge is 2.36. The van der Waals surface area contributed by atoms with Gasteiger partial charge in [-0.05, 0) is 31.2 Å². The van der Waals surface area contributed by atoms with Gasteiger partial charge in [-0.25, -0.2) is 0 Å². The Labute approximate surface area is 115 Å². The SMILES string of the molecule is Cc1ccc(C2=[N+]([O-])c3ccc(C#N)cc3C2=O)cc1. The van der Waals surface area contributed by atoms with Crippen molar-refractivity contribution < 1.29 is 9.53 Å². The number of hydrogen-bond acceptors (Lipinski definition) is 3. The fourth-order valence-electron chi connectivity index (χ4n) is 2.26. The molecule has 4 nitrogen and oxygen atoms in total. The maximum atomic E-state index is 12.4. The quantitative estimate of drug-likeness (QED) is 0.586. The van der Waals surface area contributed by atoms with Gasteiger partial charge in [0.1, 0.15) is 5.56 Å². The van der Waals surface area contributed by atoms with Crippen molar-refractivity contribution in [2.45, 2.75) is 6.92 Å². The molecule has 3 rings (SSSR count). The Morgan fingerprint density at radius 2 is 1.85 bits per heavy atom. The van der Waals surface area contributed by atoms with Crippen LogP contribution in [-0.2, 0) is 0 Å². The third-order valence-electron chi connectivity index (χ3n) is 3.33. The van der Waals surface area contributed by atoms with Crippen molar-refractivity contribution in [3.05, 3.63) is 69.9 Å². The summed E-state index contributed by atoms with van der Waals surface area (Å²) in [6, 6.07) is 13.7. The smallest absolute Gasteiger partial charge is 0.272 e. The first kappa shape index (κ1) is 12.1. The van der Waals surface area contributed by atoms with E-state index in [0.29, 0.717) is 21.6 Å². The van der Waals surface area contributed by atoms with Crippen LogP contribution in [0.5, 0.6) is 0 Å². The number of hydrogen-bond donors (Lipinski definition) is 0. The zero-order valence-corrected chi connectivity index (χ0v) is 10.8. The minimum absolute atomic E-state index is 0.107. The summed E-state index contributed by atoms with van der Waals surface area (Å²) in [5, 5.41) is 21.1. The van der Waals surface area contributed by atoms with Crippen LogP contribution in [0, 0.1) is 23.5 Å². The maximum absolute atomic E-state index is 12.4. The first-order chi connectivity index (χ1) is 9.61. The number of carbonyl (C=O) groups is 1. The molecule has 1 heterocycles. The van der Waals surface area contributed by atoms with Crippen LogP contribution in [0.15, 0.2) is 42.5 Å². The second-order valence-corrected chi connectivity index (χ2v) is 4.68. The van der Waals surface area contributed by atoms with Crippen LogP contribution in [0.2, 0.25) is 0 Å². The highest BCUT2D eigenvalue weighted by molar-refractivity contribution is 6.52. The molecule has 0 aliphatic carbocycles. The van der Waals surface area contributed by atoms with Gasteiger partial charge < -0.3 is 5.21 Å². The van der Waals surface area contributed by atoms with Crippen molar-refractivity contribution in [2.75, 3.05) is 0 Å². The van der Waals surface area contributed by atoms with E-state index in [-0.39, 0.29) is 17.1 Å². The molecule has 96 valence electrons. The fourth-order valence-corrected chi connectivity index (χ4v) is 2.26. The molecule has 0 bridgehead atoms. The molecular formula is C16H10N2O2. The fraction of sp³-hybridized carbons (Fsp3) is 0.0625. The van der Waals surface area contributed by atoms with Crippen LogP contribution in [0.3, 0.4) is 0 Å². The van der Waals surface area contributed by atoms with E-state index in [9.17, 15) is 10.0 Å². The monoisotopic (exact) mass is 262 g/mol. The Bertz CT molecular complexity index is 796. The van der Waals surface area contributed by atoms with E-state index in [1.807, 2.05) is 25.1 Å². The zero-order valence-electron chi connectivity index (χ0n) is 10.8. The van der Waals surface area contributed by atoms with Gasteiger partial charge in [0.05, 0.1) is 17.2 Å². The van der Waals surface area contributed by atoms with Gasteiger partial charge in [0.15, 0.2) is 0 Å². The van der Waals surface area contributed by atoms with E-state index in [2.05, 4.69) is 0 Å².